The number of aromatic nitrogens is 3. The molecule has 0 radical (unpaired) electrons. The molecule has 1 aliphatic heterocycles. The number of piperidine rings is 1. The van der Waals surface area contributed by atoms with E-state index in [1.54, 1.807) is 11.8 Å². The molecular weight excluding hydrogens is 222 g/mol. The first-order valence-electron chi connectivity index (χ1n) is 5.75. The monoisotopic (exact) mass is 241 g/mol. The maximum Gasteiger partial charge on any atom is 0.222 e. The molecule has 0 bridgehead atoms. The Labute approximate surface area is 100 Å². The van der Waals surface area contributed by atoms with Crippen LogP contribution in [-0.4, -0.2) is 33.6 Å². The van der Waals surface area contributed by atoms with Gasteiger partial charge in [0.15, 0.2) is 5.16 Å². The number of nitrogens with one attached hydrogen (secondary N) is 1. The van der Waals surface area contributed by atoms with Gasteiger partial charge >= 0.3 is 0 Å². The van der Waals surface area contributed by atoms with Gasteiger partial charge in [0.25, 0.3) is 0 Å². The molecule has 1 aliphatic rings. The Balaban J connectivity index is 1.73. The third-order valence-corrected chi connectivity index (χ3v) is 4.14. The van der Waals surface area contributed by atoms with E-state index in [9.17, 15) is 0 Å². The van der Waals surface area contributed by atoms with Crippen LogP contribution in [0.15, 0.2) is 5.16 Å². The lowest BCUT2D eigenvalue weighted by Gasteiger charge is -2.21. The van der Waals surface area contributed by atoms with Crippen LogP contribution in [0.2, 0.25) is 0 Å². The Morgan fingerprint density at radius 3 is 2.81 bits per heavy atom. The van der Waals surface area contributed by atoms with Crippen LogP contribution in [-0.2, 0) is 7.05 Å². The molecule has 1 fully saturated rings. The van der Waals surface area contributed by atoms with Crippen molar-refractivity contribution >= 4 is 17.7 Å². The van der Waals surface area contributed by atoms with Gasteiger partial charge in [0, 0.05) is 12.8 Å². The highest BCUT2D eigenvalue weighted by molar-refractivity contribution is 7.99. The fourth-order valence-corrected chi connectivity index (χ4v) is 2.96. The molecule has 0 amide bonds. The zero-order valence-electron chi connectivity index (χ0n) is 9.65. The zero-order valence-corrected chi connectivity index (χ0v) is 10.5. The van der Waals surface area contributed by atoms with E-state index in [-0.39, 0.29) is 0 Å². The van der Waals surface area contributed by atoms with E-state index >= 15 is 0 Å². The second kappa shape index (κ2) is 5.54. The van der Waals surface area contributed by atoms with Crippen LogP contribution in [0.25, 0.3) is 0 Å². The highest BCUT2D eigenvalue weighted by Crippen LogP contribution is 2.22. The minimum Gasteiger partial charge on any atom is -0.368 e. The molecule has 0 aliphatic carbocycles. The molecule has 1 saturated heterocycles. The lowest BCUT2D eigenvalue weighted by atomic mass is 9.96. The molecule has 1 aromatic heterocycles. The normalized spacial score (nSPS) is 17.8. The smallest absolute Gasteiger partial charge is 0.222 e. The number of nitrogens with zero attached hydrogens (tertiary/aromatic N) is 3. The van der Waals surface area contributed by atoms with Crippen LogP contribution in [0.1, 0.15) is 19.3 Å². The number of nitrogens with two attached hydrogens (primary N) is 1. The highest BCUT2D eigenvalue weighted by Gasteiger charge is 2.13. The van der Waals surface area contributed by atoms with Crippen molar-refractivity contribution < 1.29 is 0 Å². The Morgan fingerprint density at radius 2 is 2.19 bits per heavy atom. The summed E-state index contributed by atoms with van der Waals surface area (Å²) in [6, 6.07) is 0. The predicted molar refractivity (Wildman–Crippen MR) is 66.4 cm³/mol. The van der Waals surface area contributed by atoms with Crippen LogP contribution < -0.4 is 11.1 Å². The lowest BCUT2D eigenvalue weighted by molar-refractivity contribution is 0.367. The summed E-state index contributed by atoms with van der Waals surface area (Å²) in [5, 5.41) is 12.2. The van der Waals surface area contributed by atoms with Gasteiger partial charge in [-0.2, -0.15) is 0 Å². The summed E-state index contributed by atoms with van der Waals surface area (Å²) in [6.45, 7) is 2.35. The summed E-state index contributed by atoms with van der Waals surface area (Å²) in [5.74, 6) is 2.47. The molecule has 0 unspecified atom stereocenters. The second-order valence-corrected chi connectivity index (χ2v) is 5.29. The van der Waals surface area contributed by atoms with Gasteiger partial charge < -0.3 is 11.1 Å². The molecule has 16 heavy (non-hydrogen) atoms. The van der Waals surface area contributed by atoms with E-state index in [0.29, 0.717) is 5.95 Å². The van der Waals surface area contributed by atoms with Crippen molar-refractivity contribution in [1.82, 2.24) is 20.1 Å². The topological polar surface area (TPSA) is 68.8 Å². The molecule has 0 saturated carbocycles. The molecule has 0 aromatic carbocycles. The van der Waals surface area contributed by atoms with E-state index in [1.165, 1.54) is 32.4 Å². The average molecular weight is 241 g/mol. The average Bonchev–Trinajstić information content (AvgIpc) is 2.62. The molecule has 1 aromatic rings. The van der Waals surface area contributed by atoms with Gasteiger partial charge in [-0.05, 0) is 38.3 Å². The number of rotatable bonds is 4. The van der Waals surface area contributed by atoms with Gasteiger partial charge in [-0.3, -0.25) is 4.57 Å². The Hall–Kier alpha value is -0.750. The first-order chi connectivity index (χ1) is 7.77. The number of nitrogen functional groups attached to an aromatic ring is 1. The third kappa shape index (κ3) is 2.89. The van der Waals surface area contributed by atoms with Crippen molar-refractivity contribution in [3.05, 3.63) is 0 Å². The number of thioether (sulfide) groups is 1. The number of hydrogen-bond acceptors (Lipinski definition) is 5. The fourth-order valence-electron chi connectivity index (χ4n) is 1.94. The molecule has 90 valence electrons. The molecule has 2 heterocycles. The zero-order chi connectivity index (χ0) is 11.4. The van der Waals surface area contributed by atoms with E-state index in [0.717, 1.165) is 16.8 Å². The summed E-state index contributed by atoms with van der Waals surface area (Å²) >= 11 is 1.75. The van der Waals surface area contributed by atoms with Crippen LogP contribution in [0.4, 0.5) is 5.95 Å². The minimum atomic E-state index is 0.490. The highest BCUT2D eigenvalue weighted by atomic mass is 32.2. The lowest BCUT2D eigenvalue weighted by Crippen LogP contribution is -2.27. The van der Waals surface area contributed by atoms with Crippen molar-refractivity contribution in [2.45, 2.75) is 24.4 Å². The molecule has 2 rings (SSSR count). The van der Waals surface area contributed by atoms with E-state index < -0.39 is 0 Å². The number of hydrogen-bond donors (Lipinski definition) is 2. The second-order valence-electron chi connectivity index (χ2n) is 4.23. The summed E-state index contributed by atoms with van der Waals surface area (Å²) in [6.07, 6.45) is 3.88. The number of anilines is 1. The molecule has 5 nitrogen and oxygen atoms in total. The first kappa shape index (κ1) is 11.7. The van der Waals surface area contributed by atoms with Crippen molar-refractivity contribution in [3.8, 4) is 0 Å². The quantitative estimate of drug-likeness (QED) is 0.766. The summed E-state index contributed by atoms with van der Waals surface area (Å²) in [4.78, 5) is 0. The van der Waals surface area contributed by atoms with Gasteiger partial charge in [-0.1, -0.05) is 11.8 Å². The van der Waals surface area contributed by atoms with Gasteiger partial charge in [0.1, 0.15) is 0 Å². The summed E-state index contributed by atoms with van der Waals surface area (Å²) in [5.41, 5.74) is 5.62. The van der Waals surface area contributed by atoms with E-state index in [4.69, 9.17) is 5.73 Å². The standard InChI is InChI=1S/C10H19N5S/c1-15-9(11)13-14-10(15)16-7-4-8-2-5-12-6-3-8/h8,12H,2-7H2,1H3,(H2,11,13). The molecule has 0 atom stereocenters. The van der Waals surface area contributed by atoms with Crippen molar-refractivity contribution in [3.63, 3.8) is 0 Å². The predicted octanol–water partition coefficient (Wildman–Crippen LogP) is 0.879. The van der Waals surface area contributed by atoms with E-state index in [2.05, 4.69) is 15.5 Å². The first-order valence-corrected chi connectivity index (χ1v) is 6.74. The van der Waals surface area contributed by atoms with Crippen molar-refractivity contribution in [1.29, 1.82) is 0 Å². The maximum absolute atomic E-state index is 5.62. The Bertz CT molecular complexity index is 332. The third-order valence-electron chi connectivity index (χ3n) is 3.08. The molecule has 6 heteroatoms. The molecular formula is C10H19N5S. The molecule has 0 spiro atoms. The fraction of sp³-hybridized carbons (Fsp3) is 0.800. The Kier molecular flexibility index (Phi) is 4.06. The van der Waals surface area contributed by atoms with Crippen molar-refractivity contribution in [2.75, 3.05) is 24.6 Å². The van der Waals surface area contributed by atoms with Gasteiger partial charge in [-0.15, -0.1) is 10.2 Å². The largest absolute Gasteiger partial charge is 0.368 e. The molecule has 3 N–H and O–H groups in total. The summed E-state index contributed by atoms with van der Waals surface area (Å²) < 4.78 is 1.84. The van der Waals surface area contributed by atoms with Gasteiger partial charge in [-0.25, -0.2) is 0 Å². The van der Waals surface area contributed by atoms with Crippen LogP contribution in [0.3, 0.4) is 0 Å². The SMILES string of the molecule is Cn1c(N)nnc1SCCC1CCNCC1. The van der Waals surface area contributed by atoms with Crippen LogP contribution >= 0.6 is 11.8 Å². The maximum atomic E-state index is 5.62. The van der Waals surface area contributed by atoms with Crippen LogP contribution in [0.5, 0.6) is 0 Å². The van der Waals surface area contributed by atoms with Gasteiger partial charge in [0.05, 0.1) is 0 Å². The van der Waals surface area contributed by atoms with Crippen LogP contribution in [0, 0.1) is 5.92 Å². The summed E-state index contributed by atoms with van der Waals surface area (Å²) in [7, 11) is 1.90. The minimum absolute atomic E-state index is 0.490. The van der Waals surface area contributed by atoms with Crippen molar-refractivity contribution in [2.24, 2.45) is 13.0 Å². The van der Waals surface area contributed by atoms with Gasteiger partial charge in [0.2, 0.25) is 5.95 Å². The Morgan fingerprint density at radius 1 is 1.44 bits per heavy atom. The van der Waals surface area contributed by atoms with E-state index in [1.807, 2.05) is 11.6 Å².